The molecule has 2 N–H and O–H groups in total. The van der Waals surface area contributed by atoms with Crippen molar-refractivity contribution < 1.29 is 14.3 Å². The molecule has 0 spiro atoms. The third-order valence-electron chi connectivity index (χ3n) is 3.35. The van der Waals surface area contributed by atoms with Crippen LogP contribution in [0.3, 0.4) is 0 Å². The molecule has 4 nitrogen and oxygen atoms in total. The highest BCUT2D eigenvalue weighted by Crippen LogP contribution is 2.26. The van der Waals surface area contributed by atoms with Crippen LogP contribution in [0.5, 0.6) is 5.75 Å². The van der Waals surface area contributed by atoms with Gasteiger partial charge in [-0.15, -0.1) is 0 Å². The third-order valence-corrected chi connectivity index (χ3v) is 3.35. The first kappa shape index (κ1) is 14.3. The van der Waals surface area contributed by atoms with E-state index >= 15 is 0 Å². The number of esters is 1. The van der Waals surface area contributed by atoms with Gasteiger partial charge in [-0.25, -0.2) is 4.79 Å². The number of hydrogen-bond acceptors (Lipinski definition) is 4. The molecule has 20 heavy (non-hydrogen) atoms. The van der Waals surface area contributed by atoms with E-state index < -0.39 is 11.5 Å². The van der Waals surface area contributed by atoms with Gasteiger partial charge in [-0.3, -0.25) is 0 Å². The van der Waals surface area contributed by atoms with Gasteiger partial charge in [-0.05, 0) is 48.4 Å². The van der Waals surface area contributed by atoms with E-state index in [-0.39, 0.29) is 0 Å². The highest BCUT2D eigenvalue weighted by atomic mass is 16.5. The van der Waals surface area contributed by atoms with Gasteiger partial charge < -0.3 is 15.2 Å². The summed E-state index contributed by atoms with van der Waals surface area (Å²) in [6, 6.07) is 11.4. The Bertz CT molecular complexity index is 635. The average Bonchev–Trinajstić information content (AvgIpc) is 2.46. The Hall–Kier alpha value is -2.07. The van der Waals surface area contributed by atoms with Crippen LogP contribution in [0.4, 0.5) is 0 Å². The molecule has 0 amide bonds. The van der Waals surface area contributed by atoms with E-state index in [4.69, 9.17) is 15.2 Å². The molecule has 4 heteroatoms. The number of rotatable bonds is 4. The molecule has 0 saturated carbocycles. The second kappa shape index (κ2) is 5.51. The minimum absolute atomic E-state index is 0.316. The van der Waals surface area contributed by atoms with Crippen LogP contribution in [-0.4, -0.2) is 19.7 Å². The Labute approximate surface area is 118 Å². The average molecular weight is 273 g/mol. The lowest BCUT2D eigenvalue weighted by atomic mass is 9.91. The van der Waals surface area contributed by atoms with E-state index in [9.17, 15) is 4.79 Å². The summed E-state index contributed by atoms with van der Waals surface area (Å²) in [7, 11) is 1.63. The zero-order valence-electron chi connectivity index (χ0n) is 12.0. The van der Waals surface area contributed by atoms with E-state index in [0.29, 0.717) is 6.61 Å². The predicted molar refractivity (Wildman–Crippen MR) is 78.7 cm³/mol. The lowest BCUT2D eigenvalue weighted by Gasteiger charge is -2.23. The first-order chi connectivity index (χ1) is 9.48. The van der Waals surface area contributed by atoms with Crippen molar-refractivity contribution in [3.8, 4) is 5.75 Å². The molecule has 0 radical (unpaired) electrons. The standard InChI is InChI=1S/C16H19NO3/c1-4-20-15(18)16(2,17)13-7-5-12-10-14(19-3)8-6-11(12)9-13/h5-10H,4,17H2,1-3H3. The summed E-state index contributed by atoms with van der Waals surface area (Å²) < 4.78 is 10.2. The van der Waals surface area contributed by atoms with Gasteiger partial charge in [0.1, 0.15) is 11.3 Å². The highest BCUT2D eigenvalue weighted by Gasteiger charge is 2.32. The molecule has 2 aromatic carbocycles. The molecule has 2 rings (SSSR count). The van der Waals surface area contributed by atoms with Gasteiger partial charge in [-0.1, -0.05) is 18.2 Å². The van der Waals surface area contributed by atoms with Crippen LogP contribution in [0.1, 0.15) is 19.4 Å². The van der Waals surface area contributed by atoms with Gasteiger partial charge in [0.25, 0.3) is 0 Å². The third kappa shape index (κ3) is 2.60. The van der Waals surface area contributed by atoms with E-state index in [1.165, 1.54) is 0 Å². The maximum absolute atomic E-state index is 11.9. The van der Waals surface area contributed by atoms with E-state index in [0.717, 1.165) is 22.1 Å². The number of ether oxygens (including phenoxy) is 2. The number of fused-ring (bicyclic) bond motifs is 1. The molecule has 0 bridgehead atoms. The first-order valence-corrected chi connectivity index (χ1v) is 6.53. The Morgan fingerprint density at radius 3 is 2.50 bits per heavy atom. The zero-order valence-corrected chi connectivity index (χ0v) is 12.0. The minimum Gasteiger partial charge on any atom is -0.497 e. The Morgan fingerprint density at radius 1 is 1.20 bits per heavy atom. The molecule has 0 saturated heterocycles. The number of benzene rings is 2. The second-order valence-electron chi connectivity index (χ2n) is 4.85. The van der Waals surface area contributed by atoms with Gasteiger partial charge in [0.2, 0.25) is 0 Å². The van der Waals surface area contributed by atoms with Gasteiger partial charge in [0, 0.05) is 0 Å². The van der Waals surface area contributed by atoms with E-state index in [1.807, 2.05) is 36.4 Å². The van der Waals surface area contributed by atoms with Crippen LogP contribution in [0, 0.1) is 0 Å². The maximum Gasteiger partial charge on any atom is 0.330 e. The molecule has 106 valence electrons. The van der Waals surface area contributed by atoms with Crippen LogP contribution in [-0.2, 0) is 15.1 Å². The SMILES string of the molecule is CCOC(=O)C(C)(N)c1ccc2cc(OC)ccc2c1. The molecule has 2 aromatic rings. The molecule has 0 aliphatic rings. The summed E-state index contributed by atoms with van der Waals surface area (Å²) in [4.78, 5) is 11.9. The summed E-state index contributed by atoms with van der Waals surface area (Å²) in [5.74, 6) is 0.374. The smallest absolute Gasteiger partial charge is 0.330 e. The van der Waals surface area contributed by atoms with E-state index in [1.54, 1.807) is 21.0 Å². The van der Waals surface area contributed by atoms with Crippen LogP contribution in [0.25, 0.3) is 10.8 Å². The Kier molecular flexibility index (Phi) is 3.95. The number of carbonyl (C=O) groups is 1. The van der Waals surface area contributed by atoms with Crippen molar-refractivity contribution in [2.45, 2.75) is 19.4 Å². The molecular weight excluding hydrogens is 254 g/mol. The summed E-state index contributed by atoms with van der Waals surface area (Å²) in [6.07, 6.45) is 0. The van der Waals surface area contributed by atoms with Crippen molar-refractivity contribution in [2.75, 3.05) is 13.7 Å². The molecule has 1 unspecified atom stereocenters. The maximum atomic E-state index is 11.9. The van der Waals surface area contributed by atoms with Gasteiger partial charge in [-0.2, -0.15) is 0 Å². The molecular formula is C16H19NO3. The Balaban J connectivity index is 2.43. The summed E-state index contributed by atoms with van der Waals surface area (Å²) in [5, 5.41) is 2.04. The second-order valence-corrected chi connectivity index (χ2v) is 4.85. The minimum atomic E-state index is -1.15. The summed E-state index contributed by atoms with van der Waals surface area (Å²) in [5.41, 5.74) is 5.70. The van der Waals surface area contributed by atoms with Crippen LogP contribution < -0.4 is 10.5 Å². The number of carbonyl (C=O) groups excluding carboxylic acids is 1. The normalized spacial score (nSPS) is 13.8. The fourth-order valence-corrected chi connectivity index (χ4v) is 2.07. The predicted octanol–water partition coefficient (Wildman–Crippen LogP) is 2.59. The van der Waals surface area contributed by atoms with Crippen molar-refractivity contribution in [2.24, 2.45) is 5.73 Å². The van der Waals surface area contributed by atoms with Crippen molar-refractivity contribution in [3.05, 3.63) is 42.0 Å². The van der Waals surface area contributed by atoms with Crippen LogP contribution in [0.15, 0.2) is 36.4 Å². The van der Waals surface area contributed by atoms with Crippen molar-refractivity contribution in [1.82, 2.24) is 0 Å². The number of nitrogens with two attached hydrogens (primary N) is 1. The largest absolute Gasteiger partial charge is 0.497 e. The van der Waals surface area contributed by atoms with Gasteiger partial charge in [0.05, 0.1) is 13.7 Å². The summed E-state index contributed by atoms with van der Waals surface area (Å²) >= 11 is 0. The lowest BCUT2D eigenvalue weighted by molar-refractivity contribution is -0.149. The number of methoxy groups -OCH3 is 1. The lowest BCUT2D eigenvalue weighted by Crippen LogP contribution is -2.43. The van der Waals surface area contributed by atoms with E-state index in [2.05, 4.69) is 0 Å². The zero-order chi connectivity index (χ0) is 14.8. The summed E-state index contributed by atoms with van der Waals surface area (Å²) in [6.45, 7) is 3.74. The first-order valence-electron chi connectivity index (χ1n) is 6.53. The fourth-order valence-electron chi connectivity index (χ4n) is 2.07. The molecule has 1 atom stereocenters. The van der Waals surface area contributed by atoms with Crippen molar-refractivity contribution in [1.29, 1.82) is 0 Å². The monoisotopic (exact) mass is 273 g/mol. The topological polar surface area (TPSA) is 61.5 Å². The molecule has 0 aliphatic carbocycles. The molecule has 0 heterocycles. The fraction of sp³-hybridized carbons (Fsp3) is 0.312. The van der Waals surface area contributed by atoms with Crippen LogP contribution >= 0.6 is 0 Å². The number of hydrogen-bond donors (Lipinski definition) is 1. The Morgan fingerprint density at radius 2 is 1.85 bits per heavy atom. The quantitative estimate of drug-likeness (QED) is 0.870. The highest BCUT2D eigenvalue weighted by molar-refractivity contribution is 5.88. The van der Waals surface area contributed by atoms with Gasteiger partial charge >= 0.3 is 5.97 Å². The molecule has 0 aliphatic heterocycles. The molecule has 0 fully saturated rings. The van der Waals surface area contributed by atoms with Crippen molar-refractivity contribution >= 4 is 16.7 Å². The van der Waals surface area contributed by atoms with Crippen molar-refractivity contribution in [3.63, 3.8) is 0 Å². The molecule has 0 aromatic heterocycles. The van der Waals surface area contributed by atoms with Gasteiger partial charge in [0.15, 0.2) is 0 Å². The van der Waals surface area contributed by atoms with Crippen LogP contribution in [0.2, 0.25) is 0 Å².